The number of hydrogen-bond acceptors (Lipinski definition) is 3. The average molecular weight is 840 g/mol. The molecule has 4 bridgehead atoms. The van der Waals surface area contributed by atoms with Gasteiger partial charge in [-0.1, -0.05) is 115 Å². The Labute approximate surface area is 371 Å². The SMILES string of the molecule is c1ccc(-n2c3cc(N(c4ccc5sc6ccccc6c5c4)c4ccc5sc6ccccc6c5c4)c4cccc(c4c3)c3ccccc3n(-c3ccccc3)c3cccc2c3)cc1. The quantitative estimate of drug-likeness (QED) is 0.168. The smallest absolute Gasteiger partial charge is 0.0561 e. The van der Waals surface area contributed by atoms with Crippen molar-refractivity contribution in [1.82, 2.24) is 9.13 Å². The number of aromatic nitrogens is 2. The van der Waals surface area contributed by atoms with E-state index < -0.39 is 0 Å². The molecule has 5 heteroatoms. The number of rotatable bonds is 5. The summed E-state index contributed by atoms with van der Waals surface area (Å²) in [6.07, 6.45) is 0. The third kappa shape index (κ3) is 5.85. The van der Waals surface area contributed by atoms with Gasteiger partial charge in [0.25, 0.3) is 0 Å². The van der Waals surface area contributed by atoms with Crippen molar-refractivity contribution in [2.24, 2.45) is 0 Å². The Morgan fingerprint density at radius 1 is 0.286 bits per heavy atom. The number of anilines is 3. The van der Waals surface area contributed by atoms with Gasteiger partial charge in [0, 0.05) is 90.4 Å². The number of para-hydroxylation sites is 3. The number of thiophene rings is 2. The topological polar surface area (TPSA) is 13.1 Å². The summed E-state index contributed by atoms with van der Waals surface area (Å²) in [6.45, 7) is 0. The largest absolute Gasteiger partial charge is 0.310 e. The van der Waals surface area contributed by atoms with Gasteiger partial charge in [0.1, 0.15) is 0 Å². The van der Waals surface area contributed by atoms with Crippen molar-refractivity contribution in [3.63, 3.8) is 0 Å². The summed E-state index contributed by atoms with van der Waals surface area (Å²) in [5, 5.41) is 9.79. The van der Waals surface area contributed by atoms with E-state index in [-0.39, 0.29) is 0 Å². The van der Waals surface area contributed by atoms with Crippen molar-refractivity contribution in [2.45, 2.75) is 0 Å². The third-order valence-corrected chi connectivity index (χ3v) is 14.8. The summed E-state index contributed by atoms with van der Waals surface area (Å²) < 4.78 is 10.00. The molecule has 0 unspecified atom stereocenters. The molecular formula is C58H37N3S2. The lowest BCUT2D eigenvalue weighted by Gasteiger charge is -2.28. The van der Waals surface area contributed by atoms with Gasteiger partial charge >= 0.3 is 0 Å². The lowest BCUT2D eigenvalue weighted by Crippen LogP contribution is -2.11. The Morgan fingerprint density at radius 3 is 1.43 bits per heavy atom. The van der Waals surface area contributed by atoms with Gasteiger partial charge in [-0.3, -0.25) is 0 Å². The van der Waals surface area contributed by atoms with Crippen molar-refractivity contribution < 1.29 is 0 Å². The molecule has 0 amide bonds. The molecule has 0 aliphatic carbocycles. The molecular weight excluding hydrogens is 803 g/mol. The van der Waals surface area contributed by atoms with E-state index in [9.17, 15) is 0 Å². The van der Waals surface area contributed by atoms with Crippen LogP contribution < -0.4 is 4.90 Å². The Hall–Kier alpha value is -7.70. The summed E-state index contributed by atoms with van der Waals surface area (Å²) in [5.41, 5.74) is 9.88. The van der Waals surface area contributed by atoms with Gasteiger partial charge < -0.3 is 14.0 Å². The van der Waals surface area contributed by atoms with E-state index in [1.807, 2.05) is 22.7 Å². The number of hydrogen-bond donors (Lipinski definition) is 0. The van der Waals surface area contributed by atoms with E-state index >= 15 is 0 Å². The maximum Gasteiger partial charge on any atom is 0.0561 e. The molecule has 10 aromatic carbocycles. The summed E-state index contributed by atoms with van der Waals surface area (Å²) in [4.78, 5) is 2.51. The van der Waals surface area contributed by atoms with Crippen LogP contribution in [0.5, 0.6) is 0 Å². The van der Waals surface area contributed by atoms with Gasteiger partial charge in [-0.2, -0.15) is 0 Å². The minimum absolute atomic E-state index is 1.07. The number of benzene rings is 10. The average Bonchev–Trinajstić information content (AvgIpc) is 3.90. The van der Waals surface area contributed by atoms with Crippen molar-refractivity contribution in [2.75, 3.05) is 4.90 Å². The maximum absolute atomic E-state index is 2.51. The first kappa shape index (κ1) is 36.0. The highest BCUT2D eigenvalue weighted by atomic mass is 32.1. The molecule has 13 aromatic rings. The fourth-order valence-electron chi connectivity index (χ4n) is 9.73. The molecule has 3 nitrogen and oxygen atoms in total. The summed E-state index contributed by atoms with van der Waals surface area (Å²) in [6, 6.07) is 82.8. The van der Waals surface area contributed by atoms with Gasteiger partial charge in [-0.05, 0) is 120 Å². The Kier molecular flexibility index (Phi) is 8.26. The fraction of sp³-hybridized carbons (Fsp3) is 0. The van der Waals surface area contributed by atoms with Crippen LogP contribution in [0, 0.1) is 0 Å². The molecule has 0 saturated carbocycles. The summed E-state index contributed by atoms with van der Waals surface area (Å²) in [7, 11) is 0. The normalized spacial score (nSPS) is 11.8. The van der Waals surface area contributed by atoms with Crippen molar-refractivity contribution in [3.05, 3.63) is 224 Å². The van der Waals surface area contributed by atoms with Crippen LogP contribution in [0.3, 0.4) is 0 Å². The second-order valence-corrected chi connectivity index (χ2v) is 18.3. The van der Waals surface area contributed by atoms with Gasteiger partial charge in [-0.25, -0.2) is 0 Å². The zero-order valence-corrected chi connectivity index (χ0v) is 35.7. The highest BCUT2D eigenvalue weighted by Gasteiger charge is 2.21. The third-order valence-electron chi connectivity index (χ3n) is 12.5. The highest BCUT2D eigenvalue weighted by molar-refractivity contribution is 7.26. The molecule has 0 saturated heterocycles. The van der Waals surface area contributed by atoms with Crippen LogP contribution in [0.15, 0.2) is 224 Å². The predicted molar refractivity (Wildman–Crippen MR) is 273 cm³/mol. The standard InChI is InChI=1S/C58H37N3S2/c1-3-15-38(16-4-1)59-40-19-13-20-41(33-40)60(39-17-5-2-6-18-39)53-26-10-7-21-46(53)45-24-14-25-47-50(45)36-44(59)37-54(47)61(42-29-31-57-51(34-42)48-22-8-11-27-55(48)62-57)43-30-32-58-52(35-43)49-23-9-12-28-56(49)63-58/h1-37H. The Bertz CT molecular complexity index is 3870. The van der Waals surface area contributed by atoms with E-state index in [4.69, 9.17) is 0 Å². The molecule has 3 heterocycles. The minimum atomic E-state index is 1.07. The molecule has 0 radical (unpaired) electrons. The minimum Gasteiger partial charge on any atom is -0.310 e. The van der Waals surface area contributed by atoms with E-state index in [0.29, 0.717) is 0 Å². The van der Waals surface area contributed by atoms with Crippen LogP contribution in [0.25, 0.3) is 95.3 Å². The monoisotopic (exact) mass is 839 g/mol. The molecule has 0 aliphatic rings. The molecule has 0 spiro atoms. The number of fused-ring (bicyclic) bond motifs is 11. The second kappa shape index (κ2) is 14.5. The summed E-state index contributed by atoms with van der Waals surface area (Å²) in [5.74, 6) is 0. The first-order chi connectivity index (χ1) is 31.2. The molecule has 0 N–H and O–H groups in total. The van der Waals surface area contributed by atoms with Crippen LogP contribution >= 0.6 is 22.7 Å². The Balaban J connectivity index is 1.23. The molecule has 0 fully saturated rings. The molecule has 0 atom stereocenters. The zero-order valence-electron chi connectivity index (χ0n) is 34.0. The van der Waals surface area contributed by atoms with Crippen LogP contribution in [-0.2, 0) is 0 Å². The van der Waals surface area contributed by atoms with Gasteiger partial charge in [-0.15, -0.1) is 22.7 Å². The van der Waals surface area contributed by atoms with E-state index in [2.05, 4.69) is 238 Å². The highest BCUT2D eigenvalue weighted by Crippen LogP contribution is 2.46. The molecule has 0 aliphatic heterocycles. The first-order valence-electron chi connectivity index (χ1n) is 21.3. The van der Waals surface area contributed by atoms with Crippen molar-refractivity contribution >= 4 is 124 Å². The van der Waals surface area contributed by atoms with E-state index in [0.717, 1.165) is 55.9 Å². The van der Waals surface area contributed by atoms with E-state index in [1.54, 1.807) is 0 Å². The molecule has 63 heavy (non-hydrogen) atoms. The van der Waals surface area contributed by atoms with Crippen LogP contribution in [0.2, 0.25) is 0 Å². The number of nitrogens with zero attached hydrogens (tertiary/aromatic N) is 3. The first-order valence-corrected chi connectivity index (χ1v) is 23.0. The van der Waals surface area contributed by atoms with Gasteiger partial charge in [0.2, 0.25) is 0 Å². The summed E-state index contributed by atoms with van der Waals surface area (Å²) >= 11 is 3.72. The van der Waals surface area contributed by atoms with Gasteiger partial charge in [0.05, 0.1) is 11.2 Å². The maximum atomic E-state index is 2.51. The zero-order chi connectivity index (χ0) is 41.4. The van der Waals surface area contributed by atoms with Gasteiger partial charge in [0.15, 0.2) is 0 Å². The predicted octanol–water partition coefficient (Wildman–Crippen LogP) is 17.2. The van der Waals surface area contributed by atoms with Crippen LogP contribution in [-0.4, -0.2) is 9.13 Å². The lowest BCUT2D eigenvalue weighted by molar-refractivity contribution is 1.14. The van der Waals surface area contributed by atoms with Crippen LogP contribution in [0.1, 0.15) is 0 Å². The fourth-order valence-corrected chi connectivity index (χ4v) is 11.9. The van der Waals surface area contributed by atoms with Crippen LogP contribution in [0.4, 0.5) is 17.1 Å². The van der Waals surface area contributed by atoms with Crippen molar-refractivity contribution in [3.8, 4) is 11.4 Å². The Morgan fingerprint density at radius 2 is 0.778 bits per heavy atom. The molecule has 296 valence electrons. The lowest BCUT2D eigenvalue weighted by atomic mass is 9.99. The molecule has 13 rings (SSSR count). The van der Waals surface area contributed by atoms with E-state index in [1.165, 1.54) is 56.5 Å². The second-order valence-electron chi connectivity index (χ2n) is 16.1. The van der Waals surface area contributed by atoms with Crippen molar-refractivity contribution in [1.29, 1.82) is 0 Å². The molecule has 3 aromatic heterocycles.